The van der Waals surface area contributed by atoms with Gasteiger partial charge in [0.15, 0.2) is 0 Å². The van der Waals surface area contributed by atoms with Crippen molar-refractivity contribution in [2.45, 2.75) is 13.0 Å². The molecule has 1 atom stereocenters. The second-order valence-corrected chi connectivity index (χ2v) is 4.50. The van der Waals surface area contributed by atoms with E-state index in [4.69, 9.17) is 21.4 Å². The summed E-state index contributed by atoms with van der Waals surface area (Å²) in [4.78, 5) is 12.9. The summed E-state index contributed by atoms with van der Waals surface area (Å²) < 4.78 is 5.36. The van der Waals surface area contributed by atoms with E-state index in [1.807, 2.05) is 0 Å². The number of carboxylic acids is 1. The highest BCUT2D eigenvalue weighted by Crippen LogP contribution is 2.29. The van der Waals surface area contributed by atoms with Gasteiger partial charge in [-0.15, -0.1) is 0 Å². The lowest BCUT2D eigenvalue weighted by Gasteiger charge is -2.35. The topological polar surface area (TPSA) is 49.8 Å². The Balaban J connectivity index is 2.29. The zero-order valence-electron chi connectivity index (χ0n) is 9.52. The van der Waals surface area contributed by atoms with Crippen molar-refractivity contribution in [1.29, 1.82) is 0 Å². The van der Waals surface area contributed by atoms with Crippen LogP contribution >= 0.6 is 11.6 Å². The number of hydrogen-bond acceptors (Lipinski definition) is 3. The molecule has 0 bridgehead atoms. The number of benzene rings is 1. The summed E-state index contributed by atoms with van der Waals surface area (Å²) in [6, 6.07) is 5.07. The zero-order valence-corrected chi connectivity index (χ0v) is 10.3. The Hall–Kier alpha value is -1.26. The molecule has 1 aliphatic rings. The fourth-order valence-electron chi connectivity index (χ4n) is 1.96. The van der Waals surface area contributed by atoms with E-state index in [2.05, 4.69) is 11.8 Å². The van der Waals surface area contributed by atoms with Crippen LogP contribution in [0.3, 0.4) is 0 Å². The van der Waals surface area contributed by atoms with Crippen LogP contribution in [0.15, 0.2) is 18.2 Å². The van der Waals surface area contributed by atoms with E-state index in [0.29, 0.717) is 18.2 Å². The van der Waals surface area contributed by atoms with Crippen molar-refractivity contribution < 1.29 is 14.6 Å². The fourth-order valence-corrected chi connectivity index (χ4v) is 2.25. The van der Waals surface area contributed by atoms with Crippen LogP contribution in [-0.2, 0) is 4.74 Å². The zero-order chi connectivity index (χ0) is 12.4. The molecular formula is C12H14ClNO3. The molecule has 1 saturated heterocycles. The number of nitrogens with zero attached hydrogens (tertiary/aromatic N) is 1. The quantitative estimate of drug-likeness (QED) is 0.881. The standard InChI is InChI=1S/C12H14ClNO3/c1-8-7-17-5-4-14(8)11-3-2-9(12(15)16)6-10(11)13/h2-3,6,8H,4-5,7H2,1H3,(H,15,16). The van der Waals surface area contributed by atoms with Gasteiger partial charge < -0.3 is 14.7 Å². The highest BCUT2D eigenvalue weighted by Gasteiger charge is 2.21. The first-order valence-corrected chi connectivity index (χ1v) is 5.84. The molecule has 0 saturated carbocycles. The van der Waals surface area contributed by atoms with Crippen LogP contribution in [0.5, 0.6) is 0 Å². The summed E-state index contributed by atoms with van der Waals surface area (Å²) in [6.07, 6.45) is 0. The van der Waals surface area contributed by atoms with Gasteiger partial charge in [-0.2, -0.15) is 0 Å². The number of aromatic carboxylic acids is 1. The number of hydrogen-bond donors (Lipinski definition) is 1. The van der Waals surface area contributed by atoms with Crippen LogP contribution in [0.4, 0.5) is 5.69 Å². The molecule has 1 aromatic rings. The third kappa shape index (κ3) is 2.53. The molecule has 1 fully saturated rings. The molecule has 92 valence electrons. The predicted molar refractivity (Wildman–Crippen MR) is 66.0 cm³/mol. The monoisotopic (exact) mass is 255 g/mol. The van der Waals surface area contributed by atoms with E-state index in [-0.39, 0.29) is 11.6 Å². The minimum Gasteiger partial charge on any atom is -0.478 e. The van der Waals surface area contributed by atoms with E-state index >= 15 is 0 Å². The van der Waals surface area contributed by atoms with Gasteiger partial charge in [-0.3, -0.25) is 0 Å². The van der Waals surface area contributed by atoms with Gasteiger partial charge in [-0.25, -0.2) is 4.79 Å². The molecule has 1 N–H and O–H groups in total. The van der Waals surface area contributed by atoms with Gasteiger partial charge in [-0.1, -0.05) is 11.6 Å². The SMILES string of the molecule is CC1COCCN1c1ccc(C(=O)O)cc1Cl. The molecule has 5 heteroatoms. The lowest BCUT2D eigenvalue weighted by atomic mass is 10.1. The fraction of sp³-hybridized carbons (Fsp3) is 0.417. The molecule has 0 aliphatic carbocycles. The molecule has 1 unspecified atom stereocenters. The van der Waals surface area contributed by atoms with Crippen molar-refractivity contribution in [3.8, 4) is 0 Å². The van der Waals surface area contributed by atoms with Crippen LogP contribution in [0.25, 0.3) is 0 Å². The average Bonchev–Trinajstić information content (AvgIpc) is 2.30. The molecule has 0 radical (unpaired) electrons. The van der Waals surface area contributed by atoms with E-state index in [0.717, 1.165) is 12.2 Å². The van der Waals surface area contributed by atoms with Gasteiger partial charge in [0.05, 0.1) is 29.5 Å². The molecule has 2 rings (SSSR count). The molecule has 17 heavy (non-hydrogen) atoms. The summed E-state index contributed by atoms with van der Waals surface area (Å²) in [5.74, 6) is -0.964. The van der Waals surface area contributed by atoms with Crippen molar-refractivity contribution in [2.75, 3.05) is 24.7 Å². The van der Waals surface area contributed by atoms with E-state index in [1.54, 1.807) is 12.1 Å². The predicted octanol–water partition coefficient (Wildman–Crippen LogP) is 2.26. The Kier molecular flexibility index (Phi) is 3.54. The lowest BCUT2D eigenvalue weighted by molar-refractivity contribution is 0.0697. The van der Waals surface area contributed by atoms with Crippen molar-refractivity contribution in [1.82, 2.24) is 0 Å². The smallest absolute Gasteiger partial charge is 0.335 e. The Bertz CT molecular complexity index is 436. The molecule has 0 amide bonds. The first-order valence-electron chi connectivity index (χ1n) is 5.47. The number of carbonyl (C=O) groups is 1. The minimum atomic E-state index is -0.964. The number of carboxylic acid groups (broad SMARTS) is 1. The van der Waals surface area contributed by atoms with Crippen molar-refractivity contribution >= 4 is 23.3 Å². The number of halogens is 1. The van der Waals surface area contributed by atoms with Crippen molar-refractivity contribution in [2.24, 2.45) is 0 Å². The number of morpholine rings is 1. The van der Waals surface area contributed by atoms with Gasteiger partial charge in [0.25, 0.3) is 0 Å². The molecule has 0 spiro atoms. The second kappa shape index (κ2) is 4.94. The Morgan fingerprint density at radius 1 is 1.59 bits per heavy atom. The van der Waals surface area contributed by atoms with Crippen LogP contribution in [0.1, 0.15) is 17.3 Å². The largest absolute Gasteiger partial charge is 0.478 e. The molecule has 1 aromatic carbocycles. The van der Waals surface area contributed by atoms with E-state index in [9.17, 15) is 4.79 Å². The first-order chi connectivity index (χ1) is 8.09. The van der Waals surface area contributed by atoms with Crippen molar-refractivity contribution in [3.63, 3.8) is 0 Å². The number of anilines is 1. The molecule has 0 aromatic heterocycles. The normalized spacial score (nSPS) is 20.4. The summed E-state index contributed by atoms with van der Waals surface area (Å²) in [7, 11) is 0. The number of rotatable bonds is 2. The molecule has 4 nitrogen and oxygen atoms in total. The molecule has 1 aliphatic heterocycles. The summed E-state index contributed by atoms with van der Waals surface area (Å²) >= 11 is 6.13. The highest BCUT2D eigenvalue weighted by atomic mass is 35.5. The Labute approximate surface area is 105 Å². The van der Waals surface area contributed by atoms with E-state index < -0.39 is 5.97 Å². The third-order valence-electron chi connectivity index (χ3n) is 2.87. The minimum absolute atomic E-state index is 0.208. The summed E-state index contributed by atoms with van der Waals surface area (Å²) in [6.45, 7) is 4.16. The maximum atomic E-state index is 10.8. The summed E-state index contributed by atoms with van der Waals surface area (Å²) in [5.41, 5.74) is 1.08. The Morgan fingerprint density at radius 3 is 2.94 bits per heavy atom. The second-order valence-electron chi connectivity index (χ2n) is 4.09. The average molecular weight is 256 g/mol. The third-order valence-corrected chi connectivity index (χ3v) is 3.17. The summed E-state index contributed by atoms with van der Waals surface area (Å²) in [5, 5.41) is 9.34. The first kappa shape index (κ1) is 12.2. The van der Waals surface area contributed by atoms with Crippen LogP contribution < -0.4 is 4.90 Å². The van der Waals surface area contributed by atoms with Gasteiger partial charge in [0.2, 0.25) is 0 Å². The Morgan fingerprint density at radius 2 is 2.35 bits per heavy atom. The van der Waals surface area contributed by atoms with Gasteiger partial charge in [0, 0.05) is 12.6 Å². The number of ether oxygens (including phenoxy) is 1. The van der Waals surface area contributed by atoms with E-state index in [1.165, 1.54) is 6.07 Å². The molecular weight excluding hydrogens is 242 g/mol. The molecule has 1 heterocycles. The van der Waals surface area contributed by atoms with Crippen LogP contribution in [0.2, 0.25) is 5.02 Å². The lowest BCUT2D eigenvalue weighted by Crippen LogP contribution is -2.43. The van der Waals surface area contributed by atoms with Gasteiger partial charge in [-0.05, 0) is 25.1 Å². The van der Waals surface area contributed by atoms with Gasteiger partial charge >= 0.3 is 5.97 Å². The van der Waals surface area contributed by atoms with Gasteiger partial charge in [0.1, 0.15) is 0 Å². The van der Waals surface area contributed by atoms with Crippen LogP contribution in [0, 0.1) is 0 Å². The van der Waals surface area contributed by atoms with Crippen molar-refractivity contribution in [3.05, 3.63) is 28.8 Å². The van der Waals surface area contributed by atoms with Crippen LogP contribution in [-0.4, -0.2) is 36.9 Å². The maximum Gasteiger partial charge on any atom is 0.335 e. The highest BCUT2D eigenvalue weighted by molar-refractivity contribution is 6.33. The maximum absolute atomic E-state index is 10.8.